The molecule has 0 aromatic rings. The van der Waals surface area contributed by atoms with Gasteiger partial charge in [-0.05, 0) is 188 Å². The van der Waals surface area contributed by atoms with Crippen molar-refractivity contribution >= 4 is 41.8 Å². The molecule has 0 amide bonds. The van der Waals surface area contributed by atoms with E-state index in [2.05, 4.69) is 13.8 Å². The molecule has 0 N–H and O–H groups in total. The van der Waals surface area contributed by atoms with Crippen LogP contribution in [0.5, 0.6) is 0 Å². The normalized spacial score (nSPS) is 23.9. The van der Waals surface area contributed by atoms with Gasteiger partial charge in [-0.15, -0.1) is 0 Å². The molecular weight excluding hydrogens is 929 g/mol. The van der Waals surface area contributed by atoms with Crippen LogP contribution in [0.2, 0.25) is 0 Å². The molecule has 0 radical (unpaired) electrons. The topological polar surface area (TPSA) is 203 Å². The minimum atomic E-state index is -0.734. The standard InChI is InChI=1S/C21H32O6.C18H32O5.C17H30O5/c1-5-20(2,3)19(24)26-11-17(22)25-12-18(23)27-21(4)15-7-13-6-14(9-15)10-16(21)8-13;1-5-17(3,4)16(20)22-13-12-21-14-15(19)23-18(6-2)10-8-7-9-11-18;1-5-16(2,3)15(19)21-12-11-20-13-14(18)22-17(4)9-7-6-8-10-17/h13-16H,5-12H2,1-4H3;5-14H2,1-4H3;5-13H2,1-4H3. The van der Waals surface area contributed by atoms with Crippen molar-refractivity contribution in [2.45, 2.75) is 222 Å². The Morgan fingerprint density at radius 3 is 1.25 bits per heavy atom. The first kappa shape index (κ1) is 62.5. The Kier molecular flexibility index (Phi) is 25.0. The first-order valence-electron chi connectivity index (χ1n) is 27.3. The Morgan fingerprint density at radius 2 is 0.819 bits per heavy atom. The van der Waals surface area contributed by atoms with E-state index in [1.807, 2.05) is 55.4 Å². The third kappa shape index (κ3) is 19.8. The van der Waals surface area contributed by atoms with Gasteiger partial charge in [-0.1, -0.05) is 40.5 Å². The monoisotopic (exact) mass is 1020 g/mol. The first-order chi connectivity index (χ1) is 33.8. The molecule has 6 fully saturated rings. The van der Waals surface area contributed by atoms with Gasteiger partial charge in [0.1, 0.15) is 43.2 Å². The van der Waals surface area contributed by atoms with Crippen LogP contribution in [-0.2, 0) is 76.2 Å². The summed E-state index contributed by atoms with van der Waals surface area (Å²) >= 11 is 0. The molecule has 16 nitrogen and oxygen atoms in total. The summed E-state index contributed by atoms with van der Waals surface area (Å²) in [5.41, 5.74) is -2.67. The van der Waals surface area contributed by atoms with Gasteiger partial charge in [-0.3, -0.25) is 14.4 Å². The van der Waals surface area contributed by atoms with Crippen LogP contribution in [-0.4, -0.2) is 111 Å². The number of carbonyl (C=O) groups excluding carboxylic acids is 7. The quantitative estimate of drug-likeness (QED) is 0.0501. The summed E-state index contributed by atoms with van der Waals surface area (Å²) in [6.45, 7) is 22.4. The molecule has 414 valence electrons. The third-order valence-corrected chi connectivity index (χ3v) is 16.4. The fourth-order valence-electron chi connectivity index (χ4n) is 10.3. The lowest BCUT2D eigenvalue weighted by molar-refractivity contribution is -0.207. The number of hydrogen-bond acceptors (Lipinski definition) is 16. The summed E-state index contributed by atoms with van der Waals surface area (Å²) in [6.07, 6.45) is 19.4. The SMILES string of the molecule is CCC(C)(C)C(=O)OCC(=O)OCC(=O)OC1(C)C2CC3CC(C2)CC1C3.CCC(C)(C)C(=O)OCCOCC(=O)OC1(C)CCCCC1.CCC1(OC(=O)COCCOC(=O)C(C)(C)CC)CCCCC1. The summed E-state index contributed by atoms with van der Waals surface area (Å²) < 4.78 is 47.7. The van der Waals surface area contributed by atoms with Crippen molar-refractivity contribution in [3.8, 4) is 0 Å². The minimum absolute atomic E-state index is 0.0868. The van der Waals surface area contributed by atoms with Crippen LogP contribution in [0.4, 0.5) is 0 Å². The number of esters is 7. The fourth-order valence-corrected chi connectivity index (χ4v) is 10.3. The Balaban J connectivity index is 0.000000287. The molecule has 6 aliphatic rings. The molecule has 0 aromatic carbocycles. The highest BCUT2D eigenvalue weighted by atomic mass is 16.6. The molecule has 6 saturated carbocycles. The van der Waals surface area contributed by atoms with Crippen LogP contribution in [0.1, 0.15) is 205 Å². The minimum Gasteiger partial charge on any atom is -0.463 e. The number of hydrogen-bond donors (Lipinski definition) is 0. The molecular formula is C56H94O16. The largest absolute Gasteiger partial charge is 0.463 e. The third-order valence-electron chi connectivity index (χ3n) is 16.4. The molecule has 16 heteroatoms. The number of rotatable bonds is 24. The summed E-state index contributed by atoms with van der Waals surface area (Å²) in [7, 11) is 0. The highest BCUT2D eigenvalue weighted by Crippen LogP contribution is 2.59. The Morgan fingerprint density at radius 1 is 0.431 bits per heavy atom. The predicted molar refractivity (Wildman–Crippen MR) is 269 cm³/mol. The van der Waals surface area contributed by atoms with Gasteiger partial charge < -0.3 is 42.6 Å². The fraction of sp³-hybridized carbons (Fsp3) is 0.875. The van der Waals surface area contributed by atoms with Crippen LogP contribution in [0.3, 0.4) is 0 Å². The number of carbonyl (C=O) groups is 7. The molecule has 6 aliphatic carbocycles. The van der Waals surface area contributed by atoms with E-state index >= 15 is 0 Å². The second-order valence-corrected chi connectivity index (χ2v) is 23.3. The van der Waals surface area contributed by atoms with Gasteiger partial charge in [0.25, 0.3) is 0 Å². The smallest absolute Gasteiger partial charge is 0.344 e. The van der Waals surface area contributed by atoms with E-state index in [0.29, 0.717) is 18.3 Å². The zero-order valence-corrected chi connectivity index (χ0v) is 46.4. The second-order valence-electron chi connectivity index (χ2n) is 23.3. The summed E-state index contributed by atoms with van der Waals surface area (Å²) in [6, 6.07) is 0. The van der Waals surface area contributed by atoms with Crippen molar-refractivity contribution in [2.24, 2.45) is 39.9 Å². The van der Waals surface area contributed by atoms with Crippen molar-refractivity contribution in [1.82, 2.24) is 0 Å². The van der Waals surface area contributed by atoms with E-state index < -0.39 is 53.0 Å². The van der Waals surface area contributed by atoms with Crippen LogP contribution in [0.25, 0.3) is 0 Å². The molecule has 0 atom stereocenters. The van der Waals surface area contributed by atoms with Gasteiger partial charge in [-0.2, -0.15) is 0 Å². The van der Waals surface area contributed by atoms with E-state index in [0.717, 1.165) is 108 Å². The van der Waals surface area contributed by atoms with Gasteiger partial charge in [0, 0.05) is 0 Å². The van der Waals surface area contributed by atoms with Crippen molar-refractivity contribution in [2.75, 3.05) is 52.9 Å². The van der Waals surface area contributed by atoms with Gasteiger partial charge in [0.05, 0.1) is 29.5 Å². The molecule has 0 unspecified atom stereocenters. The zero-order chi connectivity index (χ0) is 53.8. The van der Waals surface area contributed by atoms with E-state index in [4.69, 9.17) is 42.6 Å². The van der Waals surface area contributed by atoms with E-state index in [1.54, 1.807) is 13.8 Å². The average molecular weight is 1020 g/mol. The maximum atomic E-state index is 12.3. The van der Waals surface area contributed by atoms with Crippen LogP contribution < -0.4 is 0 Å². The lowest BCUT2D eigenvalue weighted by Gasteiger charge is -2.59. The molecule has 0 aromatic heterocycles. The van der Waals surface area contributed by atoms with Crippen LogP contribution in [0, 0.1) is 39.9 Å². The van der Waals surface area contributed by atoms with Crippen LogP contribution >= 0.6 is 0 Å². The highest BCUT2D eigenvalue weighted by Gasteiger charge is 2.57. The van der Waals surface area contributed by atoms with Gasteiger partial charge in [0.2, 0.25) is 0 Å². The molecule has 72 heavy (non-hydrogen) atoms. The Hall–Kier alpha value is -3.79. The van der Waals surface area contributed by atoms with Gasteiger partial charge >= 0.3 is 41.8 Å². The molecule has 0 heterocycles. The lowest BCUT2D eigenvalue weighted by atomic mass is 9.50. The van der Waals surface area contributed by atoms with Gasteiger partial charge in [0.15, 0.2) is 13.2 Å². The van der Waals surface area contributed by atoms with Crippen molar-refractivity contribution in [3.05, 3.63) is 0 Å². The second kappa shape index (κ2) is 28.8. The zero-order valence-electron chi connectivity index (χ0n) is 46.4. The first-order valence-corrected chi connectivity index (χ1v) is 27.3. The maximum Gasteiger partial charge on any atom is 0.344 e. The Labute approximate surface area is 431 Å². The van der Waals surface area contributed by atoms with E-state index in [1.165, 1.54) is 19.3 Å². The van der Waals surface area contributed by atoms with Crippen molar-refractivity contribution < 1.29 is 76.2 Å². The number of ether oxygens (including phenoxy) is 9. The lowest BCUT2D eigenvalue weighted by Crippen LogP contribution is -2.58. The van der Waals surface area contributed by atoms with Crippen molar-refractivity contribution in [1.29, 1.82) is 0 Å². The molecule has 0 spiro atoms. The highest BCUT2D eigenvalue weighted by molar-refractivity contribution is 5.81. The van der Waals surface area contributed by atoms with Crippen LogP contribution in [0.15, 0.2) is 0 Å². The maximum absolute atomic E-state index is 12.3. The molecule has 0 saturated heterocycles. The van der Waals surface area contributed by atoms with E-state index in [9.17, 15) is 33.6 Å². The Bertz CT molecular complexity index is 1730. The summed E-state index contributed by atoms with van der Waals surface area (Å²) in [4.78, 5) is 83.1. The van der Waals surface area contributed by atoms with Gasteiger partial charge in [-0.25, -0.2) is 19.2 Å². The van der Waals surface area contributed by atoms with E-state index in [-0.39, 0.29) is 74.7 Å². The summed E-state index contributed by atoms with van der Waals surface area (Å²) in [5.74, 6) is -0.422. The molecule has 0 aliphatic heterocycles. The predicted octanol–water partition coefficient (Wildman–Crippen LogP) is 10.2. The molecule has 4 bridgehead atoms. The molecule has 6 rings (SSSR count). The summed E-state index contributed by atoms with van der Waals surface area (Å²) in [5, 5.41) is 0. The average Bonchev–Trinajstić information content (AvgIpc) is 3.34. The van der Waals surface area contributed by atoms with Crippen molar-refractivity contribution in [3.63, 3.8) is 0 Å².